The highest BCUT2D eigenvalue weighted by atomic mass is 35.7. The van der Waals surface area contributed by atoms with Crippen LogP contribution in [0.25, 0.3) is 10.7 Å². The van der Waals surface area contributed by atoms with Crippen LogP contribution in [0.15, 0.2) is 11.4 Å². The van der Waals surface area contributed by atoms with Crippen LogP contribution in [0.3, 0.4) is 0 Å². The zero-order chi connectivity index (χ0) is 14.0. The van der Waals surface area contributed by atoms with Gasteiger partial charge in [-0.2, -0.15) is 0 Å². The molecule has 2 heterocycles. The maximum Gasteiger partial charge on any atom is 0.296 e. The van der Waals surface area contributed by atoms with Gasteiger partial charge in [-0.15, -0.1) is 21.5 Å². The molecule has 0 spiro atoms. The van der Waals surface area contributed by atoms with Gasteiger partial charge in [0.25, 0.3) is 14.2 Å². The summed E-state index contributed by atoms with van der Waals surface area (Å²) in [4.78, 5) is 4.84. The highest BCUT2D eigenvalue weighted by molar-refractivity contribution is 8.13. The third-order valence-corrected chi connectivity index (χ3v) is 4.36. The Morgan fingerprint density at radius 3 is 2.74 bits per heavy atom. The van der Waals surface area contributed by atoms with E-state index in [0.29, 0.717) is 12.4 Å². The van der Waals surface area contributed by atoms with Gasteiger partial charge in [0.2, 0.25) is 0 Å². The van der Waals surface area contributed by atoms with Crippen LogP contribution in [0.1, 0.15) is 5.01 Å². The normalized spacial score (nSPS) is 11.9. The number of aryl methyl sites for hydroxylation is 1. The van der Waals surface area contributed by atoms with Crippen molar-refractivity contribution in [2.24, 2.45) is 0 Å². The summed E-state index contributed by atoms with van der Waals surface area (Å²) in [6, 6.07) is 0. The topological polar surface area (TPSA) is 87.0 Å². The van der Waals surface area contributed by atoms with Gasteiger partial charge in [0.1, 0.15) is 0 Å². The molecule has 2 aromatic rings. The minimum Gasteiger partial charge on any atom is -0.383 e. The van der Waals surface area contributed by atoms with Crippen molar-refractivity contribution in [1.82, 2.24) is 19.7 Å². The summed E-state index contributed by atoms with van der Waals surface area (Å²) < 4.78 is 29.3. The standard InChI is InChI=1S/C9H11ClN4O3S2/c1-6-11-5-7(18-6)8-12-13-9(19(10,15)16)14(8)3-4-17-2/h5H,3-4H2,1-2H3. The van der Waals surface area contributed by atoms with Crippen LogP contribution in [0.5, 0.6) is 0 Å². The Morgan fingerprint density at radius 1 is 1.47 bits per heavy atom. The molecule has 0 N–H and O–H groups in total. The first kappa shape index (κ1) is 14.4. The second kappa shape index (κ2) is 5.53. The lowest BCUT2D eigenvalue weighted by atomic mass is 10.5. The van der Waals surface area contributed by atoms with Crippen molar-refractivity contribution in [3.8, 4) is 10.7 Å². The number of hydrogen-bond acceptors (Lipinski definition) is 7. The number of hydrogen-bond donors (Lipinski definition) is 0. The van der Waals surface area contributed by atoms with E-state index in [1.807, 2.05) is 6.92 Å². The molecule has 0 saturated carbocycles. The summed E-state index contributed by atoms with van der Waals surface area (Å²) in [5.74, 6) is 0.418. The fraction of sp³-hybridized carbons (Fsp3) is 0.444. The lowest BCUT2D eigenvalue weighted by Gasteiger charge is -2.06. The number of methoxy groups -OCH3 is 1. The molecule has 0 aliphatic carbocycles. The van der Waals surface area contributed by atoms with Crippen LogP contribution in [0.4, 0.5) is 0 Å². The smallest absolute Gasteiger partial charge is 0.296 e. The van der Waals surface area contributed by atoms with Gasteiger partial charge in [0, 0.05) is 24.0 Å². The van der Waals surface area contributed by atoms with Gasteiger partial charge in [-0.1, -0.05) is 0 Å². The zero-order valence-electron chi connectivity index (χ0n) is 10.2. The highest BCUT2D eigenvalue weighted by Crippen LogP contribution is 2.26. The molecule has 0 aliphatic rings. The third kappa shape index (κ3) is 3.11. The quantitative estimate of drug-likeness (QED) is 0.771. The van der Waals surface area contributed by atoms with Crippen molar-refractivity contribution < 1.29 is 13.2 Å². The Balaban J connectivity index is 2.52. The molecular formula is C9H11ClN4O3S2. The second-order valence-corrected chi connectivity index (χ2v) is 7.33. The van der Waals surface area contributed by atoms with Gasteiger partial charge < -0.3 is 4.74 Å². The number of aromatic nitrogens is 4. The molecule has 0 bridgehead atoms. The number of nitrogens with zero attached hydrogens (tertiary/aromatic N) is 4. The number of ether oxygens (including phenoxy) is 1. The van der Waals surface area contributed by atoms with Crippen molar-refractivity contribution in [2.75, 3.05) is 13.7 Å². The van der Waals surface area contributed by atoms with Crippen LogP contribution >= 0.6 is 22.0 Å². The van der Waals surface area contributed by atoms with E-state index in [-0.39, 0.29) is 11.7 Å². The molecule has 0 aliphatic heterocycles. The summed E-state index contributed by atoms with van der Waals surface area (Å²) >= 11 is 1.40. The Bertz CT molecular complexity index is 679. The summed E-state index contributed by atoms with van der Waals surface area (Å²) in [6.07, 6.45) is 1.62. The molecule has 104 valence electrons. The number of rotatable bonds is 5. The predicted octanol–water partition coefficient (Wildman–Crippen LogP) is 1.28. The Hall–Kier alpha value is -1.03. The molecule has 0 amide bonds. The first-order valence-corrected chi connectivity index (χ1v) is 8.35. The van der Waals surface area contributed by atoms with Gasteiger partial charge in [-0.05, 0) is 6.92 Å². The zero-order valence-corrected chi connectivity index (χ0v) is 12.6. The number of halogens is 1. The van der Waals surface area contributed by atoms with E-state index in [0.717, 1.165) is 9.88 Å². The third-order valence-electron chi connectivity index (χ3n) is 2.30. The highest BCUT2D eigenvalue weighted by Gasteiger charge is 2.24. The summed E-state index contributed by atoms with van der Waals surface area (Å²) in [7, 11) is 2.91. The van der Waals surface area contributed by atoms with Crippen LogP contribution in [-0.4, -0.2) is 41.9 Å². The molecule has 19 heavy (non-hydrogen) atoms. The molecule has 2 rings (SSSR count). The van der Waals surface area contributed by atoms with Gasteiger partial charge in [-0.25, -0.2) is 13.4 Å². The second-order valence-electron chi connectivity index (χ2n) is 3.63. The molecule has 2 aromatic heterocycles. The monoisotopic (exact) mass is 322 g/mol. The maximum absolute atomic E-state index is 11.5. The fourth-order valence-electron chi connectivity index (χ4n) is 1.50. The molecule has 0 fully saturated rings. The largest absolute Gasteiger partial charge is 0.383 e. The molecule has 7 nitrogen and oxygen atoms in total. The van der Waals surface area contributed by atoms with Crippen LogP contribution in [0.2, 0.25) is 0 Å². The number of thiazole rings is 1. The fourth-order valence-corrected chi connectivity index (χ4v) is 3.19. The van der Waals surface area contributed by atoms with Gasteiger partial charge in [0.05, 0.1) is 23.0 Å². The summed E-state index contributed by atoms with van der Waals surface area (Å²) in [6.45, 7) is 2.46. The van der Waals surface area contributed by atoms with Crippen LogP contribution in [0, 0.1) is 6.92 Å². The first-order valence-electron chi connectivity index (χ1n) is 5.23. The predicted molar refractivity (Wildman–Crippen MR) is 70.8 cm³/mol. The minimum absolute atomic E-state index is 0.285. The minimum atomic E-state index is -3.95. The van der Waals surface area contributed by atoms with Crippen molar-refractivity contribution >= 4 is 31.1 Å². The van der Waals surface area contributed by atoms with Gasteiger partial charge >= 0.3 is 0 Å². The SMILES string of the molecule is COCCn1c(-c2cnc(C)s2)nnc1S(=O)(=O)Cl. The van der Waals surface area contributed by atoms with Crippen molar-refractivity contribution in [1.29, 1.82) is 0 Å². The molecular weight excluding hydrogens is 312 g/mol. The Kier molecular flexibility index (Phi) is 4.19. The van der Waals surface area contributed by atoms with E-state index < -0.39 is 9.05 Å². The summed E-state index contributed by atoms with van der Waals surface area (Å²) in [5, 5.41) is 8.09. The van der Waals surface area contributed by atoms with E-state index >= 15 is 0 Å². The van der Waals surface area contributed by atoms with Crippen molar-refractivity contribution in [3.05, 3.63) is 11.2 Å². The molecule has 10 heteroatoms. The van der Waals surface area contributed by atoms with E-state index in [1.54, 1.807) is 6.20 Å². The first-order chi connectivity index (χ1) is 8.93. The molecule has 0 unspecified atom stereocenters. The Labute approximate surface area is 118 Å². The van der Waals surface area contributed by atoms with Crippen molar-refractivity contribution in [2.45, 2.75) is 18.6 Å². The maximum atomic E-state index is 11.5. The molecule has 0 radical (unpaired) electrons. The lowest BCUT2D eigenvalue weighted by Crippen LogP contribution is -2.11. The molecule has 0 aromatic carbocycles. The van der Waals surface area contributed by atoms with Gasteiger partial charge in [-0.3, -0.25) is 4.57 Å². The van der Waals surface area contributed by atoms with Crippen LogP contribution in [-0.2, 0) is 20.3 Å². The average Bonchev–Trinajstić information content (AvgIpc) is 2.91. The molecule has 0 atom stereocenters. The van der Waals surface area contributed by atoms with E-state index in [9.17, 15) is 8.42 Å². The average molecular weight is 323 g/mol. The lowest BCUT2D eigenvalue weighted by molar-refractivity contribution is 0.185. The van der Waals surface area contributed by atoms with Crippen LogP contribution < -0.4 is 0 Å². The Morgan fingerprint density at radius 2 is 2.21 bits per heavy atom. The van der Waals surface area contributed by atoms with E-state index in [2.05, 4.69) is 15.2 Å². The van der Waals surface area contributed by atoms with E-state index in [4.69, 9.17) is 15.4 Å². The molecule has 0 saturated heterocycles. The van der Waals surface area contributed by atoms with Crippen molar-refractivity contribution in [3.63, 3.8) is 0 Å². The summed E-state index contributed by atoms with van der Waals surface area (Å²) in [5.41, 5.74) is 0. The van der Waals surface area contributed by atoms with E-state index in [1.165, 1.54) is 23.0 Å². The van der Waals surface area contributed by atoms with Gasteiger partial charge in [0.15, 0.2) is 5.82 Å².